The molecule has 18 heavy (non-hydrogen) atoms. The summed E-state index contributed by atoms with van der Waals surface area (Å²) in [4.78, 5) is 21.0. The van der Waals surface area contributed by atoms with Gasteiger partial charge in [0.1, 0.15) is 6.29 Å². The Labute approximate surface area is 106 Å². The molecular weight excluding hydrogens is 256 g/mol. The molecular formula is C10H8N4O3S. The quantitative estimate of drug-likeness (QED) is 0.625. The van der Waals surface area contributed by atoms with Gasteiger partial charge in [0, 0.05) is 0 Å². The Kier molecular flexibility index (Phi) is 3.68. The van der Waals surface area contributed by atoms with Crippen LogP contribution in [-0.4, -0.2) is 43.3 Å². The second-order valence-electron chi connectivity index (χ2n) is 3.20. The average Bonchev–Trinajstić information content (AvgIpc) is 2.84. The summed E-state index contributed by atoms with van der Waals surface area (Å²) in [6, 6.07) is 6.14. The van der Waals surface area contributed by atoms with E-state index >= 15 is 0 Å². The molecule has 0 bridgehead atoms. The maximum absolute atomic E-state index is 10.7. The lowest BCUT2D eigenvalue weighted by Crippen LogP contribution is -2.01. The first-order chi connectivity index (χ1) is 8.72. The highest BCUT2D eigenvalue weighted by molar-refractivity contribution is 7.99. The Morgan fingerprint density at radius 3 is 2.72 bits per heavy atom. The summed E-state index contributed by atoms with van der Waals surface area (Å²) < 4.78 is 1.44. The molecule has 0 saturated carbocycles. The summed E-state index contributed by atoms with van der Waals surface area (Å²) in [6.07, 6.45) is 0.761. The van der Waals surface area contributed by atoms with E-state index in [-0.39, 0.29) is 11.3 Å². The molecule has 0 aliphatic carbocycles. The van der Waals surface area contributed by atoms with Crippen molar-refractivity contribution in [2.45, 2.75) is 5.16 Å². The van der Waals surface area contributed by atoms with Crippen molar-refractivity contribution < 1.29 is 14.7 Å². The number of hydrogen-bond donors (Lipinski definition) is 1. The number of carboxylic acids is 1. The molecule has 0 saturated heterocycles. The molecule has 0 unspecified atom stereocenters. The molecule has 0 radical (unpaired) electrons. The molecule has 8 heteroatoms. The van der Waals surface area contributed by atoms with Gasteiger partial charge >= 0.3 is 5.97 Å². The Balaban J connectivity index is 2.28. The van der Waals surface area contributed by atoms with Crippen LogP contribution in [0.1, 0.15) is 10.4 Å². The van der Waals surface area contributed by atoms with Crippen LogP contribution in [-0.2, 0) is 4.79 Å². The number of benzene rings is 1. The number of tetrazole rings is 1. The lowest BCUT2D eigenvalue weighted by molar-refractivity contribution is -0.105. The number of hydrogen-bond acceptors (Lipinski definition) is 6. The molecule has 1 aromatic heterocycles. The van der Waals surface area contributed by atoms with Gasteiger partial charge in [-0.25, -0.2) is 4.79 Å². The van der Waals surface area contributed by atoms with Crippen molar-refractivity contribution in [2.24, 2.45) is 0 Å². The largest absolute Gasteiger partial charge is 0.478 e. The van der Waals surface area contributed by atoms with Crippen LogP contribution in [0.5, 0.6) is 0 Å². The van der Waals surface area contributed by atoms with Gasteiger partial charge in [-0.15, -0.1) is 5.10 Å². The number of aromatic nitrogens is 4. The monoisotopic (exact) mass is 264 g/mol. The SMILES string of the molecule is O=CCSc1nnnn1-c1ccc(C(=O)O)cc1. The molecule has 0 aliphatic rings. The Morgan fingerprint density at radius 2 is 2.11 bits per heavy atom. The van der Waals surface area contributed by atoms with Gasteiger partial charge in [-0.3, -0.25) is 0 Å². The third kappa shape index (κ3) is 2.54. The molecule has 2 rings (SSSR count). The van der Waals surface area contributed by atoms with E-state index in [4.69, 9.17) is 5.11 Å². The van der Waals surface area contributed by atoms with Gasteiger partial charge in [0.15, 0.2) is 0 Å². The molecule has 1 aromatic carbocycles. The van der Waals surface area contributed by atoms with E-state index in [2.05, 4.69) is 15.5 Å². The molecule has 7 nitrogen and oxygen atoms in total. The Bertz CT molecular complexity index is 567. The second-order valence-corrected chi connectivity index (χ2v) is 4.19. The minimum Gasteiger partial charge on any atom is -0.478 e. The van der Waals surface area contributed by atoms with Crippen LogP contribution in [0.25, 0.3) is 5.69 Å². The first kappa shape index (κ1) is 12.2. The number of rotatable bonds is 5. The van der Waals surface area contributed by atoms with E-state index in [0.29, 0.717) is 10.8 Å². The molecule has 92 valence electrons. The van der Waals surface area contributed by atoms with Crippen molar-refractivity contribution in [1.82, 2.24) is 20.2 Å². The van der Waals surface area contributed by atoms with Gasteiger partial charge < -0.3 is 9.90 Å². The molecule has 1 N–H and O–H groups in total. The third-order valence-electron chi connectivity index (χ3n) is 2.08. The number of carbonyl (C=O) groups excluding carboxylic acids is 1. The van der Waals surface area contributed by atoms with E-state index < -0.39 is 5.97 Å². The number of aldehydes is 1. The van der Waals surface area contributed by atoms with E-state index in [9.17, 15) is 9.59 Å². The Morgan fingerprint density at radius 1 is 1.39 bits per heavy atom. The normalized spacial score (nSPS) is 10.2. The summed E-state index contributed by atoms with van der Waals surface area (Å²) in [7, 11) is 0. The fourth-order valence-electron chi connectivity index (χ4n) is 1.28. The van der Waals surface area contributed by atoms with Crippen LogP contribution in [0, 0.1) is 0 Å². The molecule has 0 amide bonds. The van der Waals surface area contributed by atoms with E-state index in [1.165, 1.54) is 28.6 Å². The van der Waals surface area contributed by atoms with Crippen LogP contribution in [0.2, 0.25) is 0 Å². The average molecular weight is 264 g/mol. The predicted molar refractivity (Wildman–Crippen MR) is 62.9 cm³/mol. The highest BCUT2D eigenvalue weighted by Gasteiger charge is 2.09. The van der Waals surface area contributed by atoms with Crippen LogP contribution < -0.4 is 0 Å². The molecule has 0 aliphatic heterocycles. The van der Waals surface area contributed by atoms with E-state index in [1.54, 1.807) is 12.1 Å². The molecule has 0 fully saturated rings. The van der Waals surface area contributed by atoms with Crippen LogP contribution >= 0.6 is 11.8 Å². The highest BCUT2D eigenvalue weighted by atomic mass is 32.2. The zero-order chi connectivity index (χ0) is 13.0. The minimum atomic E-state index is -0.992. The van der Waals surface area contributed by atoms with Gasteiger partial charge in [0.05, 0.1) is 17.0 Å². The second kappa shape index (κ2) is 5.41. The van der Waals surface area contributed by atoms with Crippen molar-refractivity contribution in [2.75, 3.05) is 5.75 Å². The van der Waals surface area contributed by atoms with Gasteiger partial charge in [-0.1, -0.05) is 11.8 Å². The van der Waals surface area contributed by atoms with Crippen molar-refractivity contribution in [3.63, 3.8) is 0 Å². The number of nitrogens with zero attached hydrogens (tertiary/aromatic N) is 4. The number of thioether (sulfide) groups is 1. The first-order valence-corrected chi connectivity index (χ1v) is 5.89. The minimum absolute atomic E-state index is 0.189. The van der Waals surface area contributed by atoms with Crippen LogP contribution in [0.3, 0.4) is 0 Å². The number of carbonyl (C=O) groups is 2. The van der Waals surface area contributed by atoms with Crippen molar-refractivity contribution in [1.29, 1.82) is 0 Å². The van der Waals surface area contributed by atoms with Gasteiger partial charge in [0.2, 0.25) is 5.16 Å². The highest BCUT2D eigenvalue weighted by Crippen LogP contribution is 2.17. The number of aromatic carboxylic acids is 1. The zero-order valence-electron chi connectivity index (χ0n) is 9.05. The molecule has 0 spiro atoms. The maximum Gasteiger partial charge on any atom is 0.335 e. The van der Waals surface area contributed by atoms with Crippen molar-refractivity contribution in [3.8, 4) is 5.69 Å². The summed E-state index contributed by atoms with van der Waals surface area (Å²) in [6.45, 7) is 0. The van der Waals surface area contributed by atoms with Crippen molar-refractivity contribution >= 4 is 24.0 Å². The molecule has 1 heterocycles. The fraction of sp³-hybridized carbons (Fsp3) is 0.100. The Hall–Kier alpha value is -2.22. The molecule has 2 aromatic rings. The van der Waals surface area contributed by atoms with Gasteiger partial charge in [-0.05, 0) is 34.7 Å². The first-order valence-electron chi connectivity index (χ1n) is 4.91. The van der Waals surface area contributed by atoms with Crippen molar-refractivity contribution in [3.05, 3.63) is 29.8 Å². The summed E-state index contributed by atoms with van der Waals surface area (Å²) in [5.74, 6) is -0.734. The maximum atomic E-state index is 10.7. The summed E-state index contributed by atoms with van der Waals surface area (Å²) in [5, 5.41) is 20.3. The van der Waals surface area contributed by atoms with Crippen LogP contribution in [0.15, 0.2) is 29.4 Å². The standard InChI is InChI=1S/C10H8N4O3S/c15-5-6-18-10-11-12-13-14(10)8-3-1-7(2-4-8)9(16)17/h1-5H,6H2,(H,16,17). The topological polar surface area (TPSA) is 98.0 Å². The smallest absolute Gasteiger partial charge is 0.335 e. The van der Waals surface area contributed by atoms with Crippen LogP contribution in [0.4, 0.5) is 0 Å². The summed E-state index contributed by atoms with van der Waals surface area (Å²) >= 11 is 1.20. The number of carboxylic acid groups (broad SMARTS) is 1. The van der Waals surface area contributed by atoms with Gasteiger partial charge in [0.25, 0.3) is 0 Å². The van der Waals surface area contributed by atoms with E-state index in [1.807, 2.05) is 0 Å². The predicted octanol–water partition coefficient (Wildman–Crippen LogP) is 0.651. The lowest BCUT2D eigenvalue weighted by atomic mass is 10.2. The summed E-state index contributed by atoms with van der Waals surface area (Å²) in [5.41, 5.74) is 0.826. The van der Waals surface area contributed by atoms with E-state index in [0.717, 1.165) is 6.29 Å². The fourth-order valence-corrected chi connectivity index (χ4v) is 1.86. The third-order valence-corrected chi connectivity index (χ3v) is 2.90. The lowest BCUT2D eigenvalue weighted by Gasteiger charge is -2.03. The zero-order valence-corrected chi connectivity index (χ0v) is 9.87. The van der Waals surface area contributed by atoms with Gasteiger partial charge in [-0.2, -0.15) is 4.68 Å². The molecule has 0 atom stereocenters.